The third kappa shape index (κ3) is 2.99. The maximum Gasteiger partial charge on any atom is 0.283 e. The molecule has 0 aliphatic heterocycles. The Morgan fingerprint density at radius 1 is 1.00 bits per heavy atom. The molecule has 0 amide bonds. The molecule has 0 aliphatic rings. The van der Waals surface area contributed by atoms with Gasteiger partial charge in [0.15, 0.2) is 11.2 Å². The van der Waals surface area contributed by atoms with Gasteiger partial charge >= 0.3 is 0 Å². The molecule has 0 saturated heterocycles. The fourth-order valence-electron chi connectivity index (χ4n) is 2.87. The van der Waals surface area contributed by atoms with Gasteiger partial charge in [-0.1, -0.05) is 59.3 Å². The summed E-state index contributed by atoms with van der Waals surface area (Å²) in [5.41, 5.74) is 3.60. The quantitative estimate of drug-likeness (QED) is 0.557. The minimum Gasteiger partial charge on any atom is -0.293 e. The van der Waals surface area contributed by atoms with Gasteiger partial charge in [0.25, 0.3) is 5.56 Å². The highest BCUT2D eigenvalue weighted by atomic mass is 35.5. The van der Waals surface area contributed by atoms with Crippen LogP contribution in [0.15, 0.2) is 59.7 Å². The van der Waals surface area contributed by atoms with E-state index in [9.17, 15) is 4.79 Å². The molecule has 2 aromatic heterocycles. The van der Waals surface area contributed by atoms with Crippen molar-refractivity contribution in [2.45, 2.75) is 20.0 Å². The summed E-state index contributed by atoms with van der Waals surface area (Å²) in [4.78, 5) is 17.2. The Morgan fingerprint density at radius 3 is 2.50 bits per heavy atom. The van der Waals surface area contributed by atoms with E-state index in [1.165, 1.54) is 0 Å². The SMILES string of the molecule is Cc1ccccc1Cn1cnc2c(nnn2Cc2ccccc2Cl)c1=O. The Kier molecular flexibility index (Phi) is 4.26. The van der Waals surface area contributed by atoms with Crippen molar-refractivity contribution in [3.8, 4) is 0 Å². The highest BCUT2D eigenvalue weighted by molar-refractivity contribution is 6.31. The van der Waals surface area contributed by atoms with Gasteiger partial charge in [0.1, 0.15) is 6.33 Å². The average molecular weight is 366 g/mol. The van der Waals surface area contributed by atoms with Crippen LogP contribution in [0.2, 0.25) is 5.02 Å². The summed E-state index contributed by atoms with van der Waals surface area (Å²) in [5, 5.41) is 8.78. The van der Waals surface area contributed by atoms with Crippen LogP contribution in [0.1, 0.15) is 16.7 Å². The van der Waals surface area contributed by atoms with Crippen molar-refractivity contribution >= 4 is 22.8 Å². The number of hydrogen-bond donors (Lipinski definition) is 0. The summed E-state index contributed by atoms with van der Waals surface area (Å²) in [5.74, 6) is 0. The highest BCUT2D eigenvalue weighted by Crippen LogP contribution is 2.17. The number of fused-ring (bicyclic) bond motifs is 1. The van der Waals surface area contributed by atoms with E-state index in [2.05, 4.69) is 15.3 Å². The Bertz CT molecular complexity index is 1150. The summed E-state index contributed by atoms with van der Waals surface area (Å²) in [6.45, 7) is 2.88. The predicted molar refractivity (Wildman–Crippen MR) is 100 cm³/mol. The van der Waals surface area contributed by atoms with E-state index in [0.29, 0.717) is 23.8 Å². The van der Waals surface area contributed by atoms with Crippen molar-refractivity contribution in [3.63, 3.8) is 0 Å². The molecule has 6 nitrogen and oxygen atoms in total. The molecule has 7 heteroatoms. The van der Waals surface area contributed by atoms with Crippen LogP contribution in [0.25, 0.3) is 11.2 Å². The molecule has 0 fully saturated rings. The third-order valence-corrected chi connectivity index (χ3v) is 4.74. The third-order valence-electron chi connectivity index (χ3n) is 4.37. The Hall–Kier alpha value is -2.99. The second kappa shape index (κ2) is 6.72. The van der Waals surface area contributed by atoms with Crippen molar-refractivity contribution < 1.29 is 0 Å². The molecule has 130 valence electrons. The molecule has 0 unspecified atom stereocenters. The first-order chi connectivity index (χ1) is 12.6. The molecular formula is C19H16ClN5O. The maximum atomic E-state index is 12.8. The fourth-order valence-corrected chi connectivity index (χ4v) is 3.06. The number of aryl methyl sites for hydroxylation is 1. The lowest BCUT2D eigenvalue weighted by atomic mass is 10.1. The zero-order valence-corrected chi connectivity index (χ0v) is 14.9. The lowest BCUT2D eigenvalue weighted by Gasteiger charge is -2.08. The van der Waals surface area contributed by atoms with Gasteiger partial charge in [-0.05, 0) is 29.7 Å². The molecule has 26 heavy (non-hydrogen) atoms. The first-order valence-corrected chi connectivity index (χ1v) is 8.58. The topological polar surface area (TPSA) is 65.6 Å². The Balaban J connectivity index is 1.71. The minimum atomic E-state index is -0.205. The van der Waals surface area contributed by atoms with Crippen LogP contribution in [-0.4, -0.2) is 24.5 Å². The first-order valence-electron chi connectivity index (χ1n) is 8.20. The minimum absolute atomic E-state index is 0.205. The standard InChI is InChI=1S/C19H16ClN5O/c1-13-6-2-3-7-14(13)10-24-12-21-18-17(19(24)26)22-23-25(18)11-15-8-4-5-9-16(15)20/h2-9,12H,10-11H2,1H3. The van der Waals surface area contributed by atoms with Crippen molar-refractivity contribution in [2.75, 3.05) is 0 Å². The zero-order chi connectivity index (χ0) is 18.1. The van der Waals surface area contributed by atoms with Gasteiger partial charge in [0, 0.05) is 5.02 Å². The van der Waals surface area contributed by atoms with Crippen molar-refractivity contribution in [1.29, 1.82) is 0 Å². The Morgan fingerprint density at radius 2 is 1.73 bits per heavy atom. The number of hydrogen-bond acceptors (Lipinski definition) is 4. The van der Waals surface area contributed by atoms with Crippen LogP contribution < -0.4 is 5.56 Å². The maximum absolute atomic E-state index is 12.8. The molecule has 0 N–H and O–H groups in total. The second-order valence-electron chi connectivity index (χ2n) is 6.11. The molecule has 0 aliphatic carbocycles. The van der Waals surface area contributed by atoms with Gasteiger partial charge in [0.05, 0.1) is 13.1 Å². The smallest absolute Gasteiger partial charge is 0.283 e. The molecule has 4 aromatic rings. The van der Waals surface area contributed by atoms with Gasteiger partial charge in [-0.2, -0.15) is 0 Å². The molecule has 0 atom stereocenters. The van der Waals surface area contributed by atoms with Crippen LogP contribution in [0.5, 0.6) is 0 Å². The van der Waals surface area contributed by atoms with Gasteiger partial charge < -0.3 is 0 Å². The average Bonchev–Trinajstić information content (AvgIpc) is 3.05. The monoisotopic (exact) mass is 365 g/mol. The molecule has 0 saturated carbocycles. The molecule has 4 rings (SSSR count). The van der Waals surface area contributed by atoms with Gasteiger partial charge in [-0.15, -0.1) is 5.10 Å². The highest BCUT2D eigenvalue weighted by Gasteiger charge is 2.13. The lowest BCUT2D eigenvalue weighted by molar-refractivity contribution is 0.663. The van der Waals surface area contributed by atoms with E-state index in [-0.39, 0.29) is 11.1 Å². The summed E-state index contributed by atoms with van der Waals surface area (Å²) in [6, 6.07) is 15.5. The van der Waals surface area contributed by atoms with Crippen LogP contribution in [0, 0.1) is 6.92 Å². The second-order valence-corrected chi connectivity index (χ2v) is 6.52. The number of benzene rings is 2. The molecule has 2 heterocycles. The van der Waals surface area contributed by atoms with Gasteiger partial charge in [0.2, 0.25) is 0 Å². The normalized spacial score (nSPS) is 11.2. The number of aromatic nitrogens is 5. The van der Waals surface area contributed by atoms with Crippen LogP contribution >= 0.6 is 11.6 Å². The molecule has 0 bridgehead atoms. The van der Waals surface area contributed by atoms with Crippen LogP contribution in [0.4, 0.5) is 0 Å². The van der Waals surface area contributed by atoms with E-state index in [0.717, 1.165) is 16.7 Å². The predicted octanol–water partition coefficient (Wildman–Crippen LogP) is 3.05. The van der Waals surface area contributed by atoms with E-state index in [1.54, 1.807) is 15.6 Å². The lowest BCUT2D eigenvalue weighted by Crippen LogP contribution is -2.22. The molecule has 0 spiro atoms. The summed E-state index contributed by atoms with van der Waals surface area (Å²) in [6.07, 6.45) is 1.55. The number of halogens is 1. The van der Waals surface area contributed by atoms with Crippen molar-refractivity contribution in [1.82, 2.24) is 24.5 Å². The largest absolute Gasteiger partial charge is 0.293 e. The van der Waals surface area contributed by atoms with Gasteiger partial charge in [-0.3, -0.25) is 9.36 Å². The van der Waals surface area contributed by atoms with E-state index in [1.807, 2.05) is 55.5 Å². The Labute approximate surface area is 154 Å². The van der Waals surface area contributed by atoms with Crippen LogP contribution in [-0.2, 0) is 13.1 Å². The first kappa shape index (κ1) is 16.5. The van der Waals surface area contributed by atoms with Crippen molar-refractivity contribution in [2.24, 2.45) is 0 Å². The molecule has 2 aromatic carbocycles. The van der Waals surface area contributed by atoms with Crippen LogP contribution in [0.3, 0.4) is 0 Å². The van der Waals surface area contributed by atoms with E-state index < -0.39 is 0 Å². The summed E-state index contributed by atoms with van der Waals surface area (Å²) >= 11 is 6.21. The van der Waals surface area contributed by atoms with E-state index in [4.69, 9.17) is 11.6 Å². The number of nitrogens with zero attached hydrogens (tertiary/aromatic N) is 5. The summed E-state index contributed by atoms with van der Waals surface area (Å²) < 4.78 is 3.15. The number of rotatable bonds is 4. The molecule has 0 radical (unpaired) electrons. The zero-order valence-electron chi connectivity index (χ0n) is 14.1. The molecular weight excluding hydrogens is 350 g/mol. The van der Waals surface area contributed by atoms with Crippen molar-refractivity contribution in [3.05, 3.63) is 86.9 Å². The fraction of sp³-hybridized carbons (Fsp3) is 0.158. The van der Waals surface area contributed by atoms with Gasteiger partial charge in [-0.25, -0.2) is 9.67 Å². The van der Waals surface area contributed by atoms with E-state index >= 15 is 0 Å². The summed E-state index contributed by atoms with van der Waals surface area (Å²) in [7, 11) is 0.